The zero-order chi connectivity index (χ0) is 22.9. The maximum absolute atomic E-state index is 13.3. The number of H-pyrrole nitrogens is 1. The largest absolute Gasteiger partial charge is 0.407 e. The van der Waals surface area contributed by atoms with Crippen molar-refractivity contribution in [2.24, 2.45) is 5.92 Å². The van der Waals surface area contributed by atoms with Crippen LogP contribution in [0, 0.1) is 17.2 Å². The Kier molecular flexibility index (Phi) is 5.93. The number of halogens is 3. The molecule has 1 fully saturated rings. The Hall–Kier alpha value is -3.32. The molecule has 2 aromatic heterocycles. The molecule has 3 N–H and O–H groups in total. The van der Waals surface area contributed by atoms with Crippen LogP contribution in [-0.4, -0.2) is 27.5 Å². The van der Waals surface area contributed by atoms with Crippen LogP contribution < -0.4 is 16.2 Å². The summed E-state index contributed by atoms with van der Waals surface area (Å²) >= 11 is 0. The smallest absolute Gasteiger partial charge is 0.338 e. The molecule has 0 saturated heterocycles. The lowest BCUT2D eigenvalue weighted by molar-refractivity contribution is -0.157. The predicted molar refractivity (Wildman–Crippen MR) is 115 cm³/mol. The van der Waals surface area contributed by atoms with Crippen molar-refractivity contribution in [3.8, 4) is 6.07 Å². The van der Waals surface area contributed by atoms with Crippen LogP contribution in [0.1, 0.15) is 43.8 Å². The van der Waals surface area contributed by atoms with E-state index >= 15 is 0 Å². The highest BCUT2D eigenvalue weighted by molar-refractivity contribution is 5.91. The lowest BCUT2D eigenvalue weighted by Gasteiger charge is -2.21. The number of benzene rings is 1. The van der Waals surface area contributed by atoms with E-state index in [1.165, 1.54) is 30.5 Å². The first-order valence-electron chi connectivity index (χ1n) is 10.5. The third-order valence-electron chi connectivity index (χ3n) is 5.65. The van der Waals surface area contributed by atoms with Crippen LogP contribution in [0.15, 0.2) is 41.3 Å². The van der Waals surface area contributed by atoms with Crippen molar-refractivity contribution in [2.45, 2.75) is 44.4 Å². The normalized spacial score (nSPS) is 16.0. The first-order valence-corrected chi connectivity index (χ1v) is 10.5. The number of pyridine rings is 1. The number of aromatic nitrogens is 3. The molecule has 7 nitrogen and oxygen atoms in total. The van der Waals surface area contributed by atoms with Gasteiger partial charge >= 0.3 is 6.18 Å². The van der Waals surface area contributed by atoms with Gasteiger partial charge in [0.1, 0.15) is 11.4 Å². The summed E-state index contributed by atoms with van der Waals surface area (Å²) in [5, 5.41) is 19.7. The first kappa shape index (κ1) is 21.9. The Labute approximate surface area is 182 Å². The summed E-state index contributed by atoms with van der Waals surface area (Å²) in [6, 6.07) is 7.91. The van der Waals surface area contributed by atoms with E-state index in [-0.39, 0.29) is 30.1 Å². The van der Waals surface area contributed by atoms with E-state index in [4.69, 9.17) is 0 Å². The highest BCUT2D eigenvalue weighted by Crippen LogP contribution is 2.43. The van der Waals surface area contributed by atoms with E-state index in [2.05, 4.69) is 26.8 Å². The van der Waals surface area contributed by atoms with E-state index in [0.717, 1.165) is 12.8 Å². The van der Waals surface area contributed by atoms with E-state index in [1.807, 2.05) is 0 Å². The summed E-state index contributed by atoms with van der Waals surface area (Å²) in [4.78, 5) is 15.2. The van der Waals surface area contributed by atoms with E-state index in [9.17, 15) is 23.2 Å². The molecule has 1 aromatic carbocycles. The summed E-state index contributed by atoms with van der Waals surface area (Å²) in [6.07, 6.45) is -0.576. The van der Waals surface area contributed by atoms with Crippen molar-refractivity contribution in [1.82, 2.24) is 20.1 Å². The summed E-state index contributed by atoms with van der Waals surface area (Å²) in [6.45, 7) is 1.80. The number of alkyl halides is 3. The monoisotopic (exact) mass is 444 g/mol. The zero-order valence-corrected chi connectivity index (χ0v) is 17.4. The van der Waals surface area contributed by atoms with Crippen molar-refractivity contribution >= 4 is 22.4 Å². The highest BCUT2D eigenvalue weighted by Gasteiger charge is 2.40. The van der Waals surface area contributed by atoms with Gasteiger partial charge in [-0.3, -0.25) is 9.48 Å². The number of hydrogen-bond donors (Lipinski definition) is 3. The van der Waals surface area contributed by atoms with Gasteiger partial charge in [0, 0.05) is 11.9 Å². The lowest BCUT2D eigenvalue weighted by Crippen LogP contribution is -2.33. The van der Waals surface area contributed by atoms with Gasteiger partial charge in [-0.2, -0.15) is 23.5 Å². The predicted octanol–water partition coefficient (Wildman–Crippen LogP) is 4.55. The standard InChI is InChI=1S/C22H23F3N6O/c1-2-27-19(22(23,24)25)14-5-7-15(8-6-14)29-20-18-17(10-12-28-21(18)32)31(30-20)16(9-11-26)13-3-4-13/h5-8,10,12-13,16,19,27H,2-4,9H2,1H3,(H,28,32)(H,29,30)/t16-,19-/m0/s1. The third kappa shape index (κ3) is 4.34. The fourth-order valence-corrected chi connectivity index (χ4v) is 3.99. The molecular formula is C22H23F3N6O. The third-order valence-corrected chi connectivity index (χ3v) is 5.65. The van der Waals surface area contributed by atoms with Crippen LogP contribution in [0.25, 0.3) is 10.9 Å². The number of aromatic amines is 1. The van der Waals surface area contributed by atoms with Crippen molar-refractivity contribution in [3.05, 3.63) is 52.4 Å². The minimum Gasteiger partial charge on any atom is -0.338 e. The zero-order valence-electron chi connectivity index (χ0n) is 17.4. The summed E-state index contributed by atoms with van der Waals surface area (Å²) in [7, 11) is 0. The molecule has 2 atom stereocenters. The van der Waals surface area contributed by atoms with E-state index in [1.54, 1.807) is 17.7 Å². The number of anilines is 2. The second kappa shape index (κ2) is 8.67. The quantitative estimate of drug-likeness (QED) is 0.474. The molecule has 0 bridgehead atoms. The molecule has 1 aliphatic rings. The fraction of sp³-hybridized carbons (Fsp3) is 0.409. The van der Waals surface area contributed by atoms with Crippen LogP contribution in [0.2, 0.25) is 0 Å². The SMILES string of the molecule is CCN[C@@H](c1ccc(Nc2nn([C@@H](CC#N)C3CC3)c3cc[nH]c(=O)c23)cc1)C(F)(F)F. The van der Waals surface area contributed by atoms with Crippen molar-refractivity contribution in [1.29, 1.82) is 5.26 Å². The van der Waals surface area contributed by atoms with Gasteiger partial charge in [0.2, 0.25) is 0 Å². The molecule has 0 radical (unpaired) electrons. The molecular weight excluding hydrogens is 421 g/mol. The number of fused-ring (bicyclic) bond motifs is 1. The maximum atomic E-state index is 13.3. The maximum Gasteiger partial charge on any atom is 0.407 e. The molecule has 0 unspecified atom stereocenters. The van der Waals surface area contributed by atoms with Gasteiger partial charge < -0.3 is 15.6 Å². The molecule has 0 amide bonds. The first-order chi connectivity index (χ1) is 15.3. The molecule has 32 heavy (non-hydrogen) atoms. The van der Waals surface area contributed by atoms with Gasteiger partial charge in [-0.1, -0.05) is 19.1 Å². The Morgan fingerprint density at radius 1 is 1.28 bits per heavy atom. The molecule has 168 valence electrons. The Morgan fingerprint density at radius 2 is 2.00 bits per heavy atom. The second-order valence-corrected chi connectivity index (χ2v) is 7.91. The highest BCUT2D eigenvalue weighted by atomic mass is 19.4. The number of nitrogens with zero attached hydrogens (tertiary/aromatic N) is 3. The Balaban J connectivity index is 1.68. The molecule has 1 saturated carbocycles. The molecule has 1 aliphatic carbocycles. The van der Waals surface area contributed by atoms with Gasteiger partial charge in [-0.25, -0.2) is 0 Å². The molecule has 0 spiro atoms. The van der Waals surface area contributed by atoms with Gasteiger partial charge in [-0.15, -0.1) is 0 Å². The Bertz CT molecular complexity index is 1190. The van der Waals surface area contributed by atoms with Gasteiger partial charge in [-0.05, 0) is 49.1 Å². The number of rotatable bonds is 8. The average molecular weight is 444 g/mol. The van der Waals surface area contributed by atoms with Crippen molar-refractivity contribution in [2.75, 3.05) is 11.9 Å². The van der Waals surface area contributed by atoms with Crippen molar-refractivity contribution in [3.63, 3.8) is 0 Å². The van der Waals surface area contributed by atoms with Gasteiger partial charge in [0.15, 0.2) is 5.82 Å². The summed E-state index contributed by atoms with van der Waals surface area (Å²) in [5.74, 6) is 0.645. The van der Waals surface area contributed by atoms with Crippen LogP contribution in [0.3, 0.4) is 0 Å². The minimum absolute atomic E-state index is 0.0981. The van der Waals surface area contributed by atoms with Crippen LogP contribution in [-0.2, 0) is 0 Å². The minimum atomic E-state index is -4.41. The summed E-state index contributed by atoms with van der Waals surface area (Å²) < 4.78 is 41.7. The van der Waals surface area contributed by atoms with Gasteiger partial charge in [0.05, 0.1) is 24.0 Å². The van der Waals surface area contributed by atoms with Crippen LogP contribution in [0.5, 0.6) is 0 Å². The molecule has 2 heterocycles. The van der Waals surface area contributed by atoms with Crippen LogP contribution >= 0.6 is 0 Å². The Morgan fingerprint density at radius 3 is 2.59 bits per heavy atom. The summed E-state index contributed by atoms with van der Waals surface area (Å²) in [5.41, 5.74) is 0.887. The second-order valence-electron chi connectivity index (χ2n) is 7.91. The fourth-order valence-electron chi connectivity index (χ4n) is 3.99. The molecule has 4 rings (SSSR count). The topological polar surface area (TPSA) is 98.5 Å². The number of hydrogen-bond acceptors (Lipinski definition) is 5. The van der Waals surface area contributed by atoms with Crippen LogP contribution in [0.4, 0.5) is 24.7 Å². The molecule has 3 aromatic rings. The van der Waals surface area contributed by atoms with E-state index in [0.29, 0.717) is 28.3 Å². The van der Waals surface area contributed by atoms with Gasteiger partial charge in [0.25, 0.3) is 5.56 Å². The van der Waals surface area contributed by atoms with Crippen molar-refractivity contribution < 1.29 is 13.2 Å². The average Bonchev–Trinajstić information content (AvgIpc) is 3.53. The van der Waals surface area contributed by atoms with E-state index < -0.39 is 12.2 Å². The molecule has 10 heteroatoms. The number of nitriles is 1. The lowest BCUT2D eigenvalue weighted by atomic mass is 10.1. The number of nitrogens with one attached hydrogen (secondary N) is 3. The molecule has 0 aliphatic heterocycles.